The molecule has 1 aromatic heterocycles. The van der Waals surface area contributed by atoms with Gasteiger partial charge in [-0.3, -0.25) is 4.79 Å². The molecule has 2 heterocycles. The summed E-state index contributed by atoms with van der Waals surface area (Å²) in [6.45, 7) is 4.72. The SMILES string of the molecule is Cc1ccc(C(=O)N2CCN(c3ccc(-c4ccc(F)cc4)nn3)CC2)cc1. The summed E-state index contributed by atoms with van der Waals surface area (Å²) in [5.74, 6) is 0.581. The lowest BCUT2D eigenvalue weighted by Crippen LogP contribution is -2.49. The van der Waals surface area contributed by atoms with Crippen molar-refractivity contribution in [3.8, 4) is 11.3 Å². The first-order valence-electron chi connectivity index (χ1n) is 9.31. The maximum absolute atomic E-state index is 13.1. The smallest absolute Gasteiger partial charge is 0.253 e. The number of rotatable bonds is 3. The molecule has 1 fully saturated rings. The minimum atomic E-state index is -0.272. The third-order valence-corrected chi connectivity index (χ3v) is 4.98. The summed E-state index contributed by atoms with van der Waals surface area (Å²) in [5.41, 5.74) is 3.40. The minimum absolute atomic E-state index is 0.0670. The Kier molecular flexibility index (Phi) is 5.02. The quantitative estimate of drug-likeness (QED) is 0.701. The van der Waals surface area contributed by atoms with Gasteiger partial charge < -0.3 is 9.80 Å². The van der Waals surface area contributed by atoms with E-state index in [-0.39, 0.29) is 11.7 Å². The highest BCUT2D eigenvalue weighted by atomic mass is 19.1. The van der Waals surface area contributed by atoms with Crippen LogP contribution in [0, 0.1) is 12.7 Å². The van der Waals surface area contributed by atoms with Crippen LogP contribution in [0.4, 0.5) is 10.2 Å². The molecule has 0 aliphatic carbocycles. The number of benzene rings is 2. The van der Waals surface area contributed by atoms with Crippen LogP contribution in [0.15, 0.2) is 60.7 Å². The van der Waals surface area contributed by atoms with Gasteiger partial charge >= 0.3 is 0 Å². The molecule has 142 valence electrons. The molecule has 6 heteroatoms. The number of amides is 1. The van der Waals surface area contributed by atoms with Gasteiger partial charge in [0.25, 0.3) is 5.91 Å². The van der Waals surface area contributed by atoms with E-state index >= 15 is 0 Å². The van der Waals surface area contributed by atoms with Crippen molar-refractivity contribution in [2.24, 2.45) is 0 Å². The predicted octanol–water partition coefficient (Wildman–Crippen LogP) is 3.55. The molecular formula is C22H21FN4O. The number of carbonyl (C=O) groups excluding carboxylic acids is 1. The van der Waals surface area contributed by atoms with Crippen LogP contribution in [0.2, 0.25) is 0 Å². The molecule has 1 aliphatic rings. The fourth-order valence-electron chi connectivity index (χ4n) is 3.29. The number of aryl methyl sites for hydroxylation is 1. The van der Waals surface area contributed by atoms with Crippen LogP contribution in [-0.2, 0) is 0 Å². The molecule has 0 N–H and O–H groups in total. The summed E-state index contributed by atoms with van der Waals surface area (Å²) in [5, 5.41) is 8.59. The number of anilines is 1. The van der Waals surface area contributed by atoms with E-state index in [1.807, 2.05) is 48.2 Å². The molecule has 0 radical (unpaired) electrons. The van der Waals surface area contributed by atoms with Gasteiger partial charge in [-0.25, -0.2) is 4.39 Å². The summed E-state index contributed by atoms with van der Waals surface area (Å²) in [6.07, 6.45) is 0. The zero-order valence-electron chi connectivity index (χ0n) is 15.7. The Hall–Kier alpha value is -3.28. The molecule has 0 saturated carbocycles. The molecule has 28 heavy (non-hydrogen) atoms. The monoisotopic (exact) mass is 376 g/mol. The number of carbonyl (C=O) groups is 1. The third kappa shape index (κ3) is 3.86. The van der Waals surface area contributed by atoms with Gasteiger partial charge in [0.2, 0.25) is 0 Å². The second kappa shape index (κ2) is 7.76. The van der Waals surface area contributed by atoms with E-state index in [1.54, 1.807) is 12.1 Å². The molecule has 5 nitrogen and oxygen atoms in total. The summed E-state index contributed by atoms with van der Waals surface area (Å²) < 4.78 is 13.1. The number of hydrogen-bond donors (Lipinski definition) is 0. The average molecular weight is 376 g/mol. The summed E-state index contributed by atoms with van der Waals surface area (Å²) in [4.78, 5) is 16.6. The Morgan fingerprint density at radius 2 is 1.54 bits per heavy atom. The molecule has 0 bridgehead atoms. The predicted molar refractivity (Wildman–Crippen MR) is 107 cm³/mol. The van der Waals surface area contributed by atoms with Crippen LogP contribution >= 0.6 is 0 Å². The highest BCUT2D eigenvalue weighted by molar-refractivity contribution is 5.94. The maximum Gasteiger partial charge on any atom is 0.253 e. The highest BCUT2D eigenvalue weighted by Crippen LogP contribution is 2.20. The van der Waals surface area contributed by atoms with Crippen molar-refractivity contribution in [3.05, 3.63) is 77.6 Å². The Labute approximate surface area is 163 Å². The van der Waals surface area contributed by atoms with Crippen LogP contribution in [-0.4, -0.2) is 47.2 Å². The molecule has 0 atom stereocenters. The lowest BCUT2D eigenvalue weighted by Gasteiger charge is -2.35. The van der Waals surface area contributed by atoms with Crippen molar-refractivity contribution in [1.29, 1.82) is 0 Å². The Morgan fingerprint density at radius 3 is 2.14 bits per heavy atom. The van der Waals surface area contributed by atoms with Crippen molar-refractivity contribution in [2.75, 3.05) is 31.1 Å². The van der Waals surface area contributed by atoms with E-state index in [0.717, 1.165) is 22.5 Å². The molecule has 1 aliphatic heterocycles. The van der Waals surface area contributed by atoms with Gasteiger partial charge in [0.1, 0.15) is 5.82 Å². The largest absolute Gasteiger partial charge is 0.352 e. The van der Waals surface area contributed by atoms with Gasteiger partial charge in [-0.05, 0) is 55.5 Å². The Morgan fingerprint density at radius 1 is 0.857 bits per heavy atom. The normalized spacial score (nSPS) is 14.2. The molecular weight excluding hydrogens is 355 g/mol. The van der Waals surface area contributed by atoms with Crippen molar-refractivity contribution >= 4 is 11.7 Å². The van der Waals surface area contributed by atoms with Gasteiger partial charge in [0, 0.05) is 37.3 Å². The summed E-state index contributed by atoms with van der Waals surface area (Å²) in [6, 6.07) is 17.7. The Balaban J connectivity index is 1.39. The average Bonchev–Trinajstić information content (AvgIpc) is 2.75. The maximum atomic E-state index is 13.1. The molecule has 0 unspecified atom stereocenters. The van der Waals surface area contributed by atoms with Crippen LogP contribution in [0.3, 0.4) is 0 Å². The van der Waals surface area contributed by atoms with Crippen LogP contribution in [0.1, 0.15) is 15.9 Å². The number of hydrogen-bond acceptors (Lipinski definition) is 4. The first-order chi connectivity index (χ1) is 13.6. The lowest BCUT2D eigenvalue weighted by molar-refractivity contribution is 0.0746. The van der Waals surface area contributed by atoms with Gasteiger partial charge in [-0.1, -0.05) is 17.7 Å². The van der Waals surface area contributed by atoms with Crippen LogP contribution in [0.25, 0.3) is 11.3 Å². The first kappa shape index (κ1) is 18.1. The highest BCUT2D eigenvalue weighted by Gasteiger charge is 2.23. The van der Waals surface area contributed by atoms with E-state index < -0.39 is 0 Å². The molecule has 2 aromatic carbocycles. The van der Waals surface area contributed by atoms with E-state index in [9.17, 15) is 9.18 Å². The standard InChI is InChI=1S/C22H21FN4O/c1-16-2-4-18(5-3-16)22(28)27-14-12-26(13-15-27)21-11-10-20(24-25-21)17-6-8-19(23)9-7-17/h2-11H,12-15H2,1H3. The van der Waals surface area contributed by atoms with Gasteiger partial charge in [0.05, 0.1) is 5.69 Å². The minimum Gasteiger partial charge on any atom is -0.352 e. The molecule has 0 spiro atoms. The second-order valence-corrected chi connectivity index (χ2v) is 6.93. The number of piperazine rings is 1. The summed E-state index contributed by atoms with van der Waals surface area (Å²) >= 11 is 0. The van der Waals surface area contributed by atoms with Crippen molar-refractivity contribution in [2.45, 2.75) is 6.92 Å². The molecule has 1 saturated heterocycles. The second-order valence-electron chi connectivity index (χ2n) is 6.93. The van der Waals surface area contributed by atoms with Crippen LogP contribution in [0.5, 0.6) is 0 Å². The zero-order valence-corrected chi connectivity index (χ0v) is 15.7. The number of halogens is 1. The van der Waals surface area contributed by atoms with E-state index in [2.05, 4.69) is 15.1 Å². The van der Waals surface area contributed by atoms with E-state index in [1.165, 1.54) is 12.1 Å². The molecule has 3 aromatic rings. The number of aromatic nitrogens is 2. The van der Waals surface area contributed by atoms with Gasteiger partial charge in [-0.2, -0.15) is 0 Å². The summed E-state index contributed by atoms with van der Waals surface area (Å²) in [7, 11) is 0. The molecule has 4 rings (SSSR count). The first-order valence-corrected chi connectivity index (χ1v) is 9.31. The fraction of sp³-hybridized carbons (Fsp3) is 0.227. The van der Waals surface area contributed by atoms with Crippen molar-refractivity contribution < 1.29 is 9.18 Å². The lowest BCUT2D eigenvalue weighted by atomic mass is 10.1. The van der Waals surface area contributed by atoms with Crippen molar-refractivity contribution in [3.63, 3.8) is 0 Å². The third-order valence-electron chi connectivity index (χ3n) is 4.98. The Bertz CT molecular complexity index is 947. The zero-order chi connectivity index (χ0) is 19.5. The topological polar surface area (TPSA) is 49.3 Å². The van der Waals surface area contributed by atoms with E-state index in [0.29, 0.717) is 31.9 Å². The molecule has 1 amide bonds. The van der Waals surface area contributed by atoms with Crippen molar-refractivity contribution in [1.82, 2.24) is 15.1 Å². The van der Waals surface area contributed by atoms with Gasteiger partial charge in [-0.15, -0.1) is 10.2 Å². The van der Waals surface area contributed by atoms with Crippen LogP contribution < -0.4 is 4.90 Å². The fourth-order valence-corrected chi connectivity index (χ4v) is 3.29. The van der Waals surface area contributed by atoms with E-state index in [4.69, 9.17) is 0 Å². The van der Waals surface area contributed by atoms with Gasteiger partial charge in [0.15, 0.2) is 5.82 Å². The number of nitrogens with zero attached hydrogens (tertiary/aromatic N) is 4.